The molecule has 0 fully saturated rings. The van der Waals surface area contributed by atoms with Gasteiger partial charge in [0.1, 0.15) is 0 Å². The maximum atomic E-state index is 7.56. The van der Waals surface area contributed by atoms with Gasteiger partial charge >= 0.3 is 236 Å². The summed E-state index contributed by atoms with van der Waals surface area (Å²) in [4.78, 5) is 0. The van der Waals surface area contributed by atoms with Crippen LogP contribution >= 0.6 is 17.0 Å². The van der Waals surface area contributed by atoms with Gasteiger partial charge in [-0.15, -0.1) is 0 Å². The van der Waals surface area contributed by atoms with Crippen molar-refractivity contribution in [2.24, 2.45) is 0 Å². The molecule has 1 unspecified atom stereocenters. The van der Waals surface area contributed by atoms with Gasteiger partial charge in [0.25, 0.3) is 0 Å². The van der Waals surface area contributed by atoms with Crippen molar-refractivity contribution in [1.29, 1.82) is 0 Å². The van der Waals surface area contributed by atoms with Crippen molar-refractivity contribution >= 4 is 27.4 Å². The van der Waals surface area contributed by atoms with Crippen LogP contribution in [-0.4, -0.2) is 5.20 Å². The van der Waals surface area contributed by atoms with Gasteiger partial charge in [-0.3, -0.25) is 0 Å². The normalized spacial score (nSPS) is 17.4. The minimum absolute atomic E-state index is 0.254. The SMILES string of the molecule is Cc1ccccc1CC1(c2ccccc2C)C=C([Si](C)(C)[Zr]([Cl])([Cl])[CH2]c2ccccc2)c2ccccc21. The zero-order chi connectivity index (χ0) is 26.3. The van der Waals surface area contributed by atoms with Gasteiger partial charge in [0.05, 0.1) is 0 Å². The fourth-order valence-corrected chi connectivity index (χ4v) is 24.5. The van der Waals surface area contributed by atoms with Crippen LogP contribution in [0, 0.1) is 13.8 Å². The summed E-state index contributed by atoms with van der Waals surface area (Å²) in [5, 5.41) is -0.758. The molecule has 1 atom stereocenters. The Bertz CT molecular complexity index is 1460. The molecule has 0 aliphatic heterocycles. The monoisotopic (exact) mass is 618 g/mol. The van der Waals surface area contributed by atoms with Gasteiger partial charge in [-0.1, -0.05) is 0 Å². The molecule has 4 aromatic carbocycles. The van der Waals surface area contributed by atoms with E-state index >= 15 is 0 Å². The molecule has 0 amide bonds. The Morgan fingerprint density at radius 1 is 0.676 bits per heavy atom. The molecule has 0 N–H and O–H groups in total. The van der Waals surface area contributed by atoms with E-state index in [2.05, 4.69) is 136 Å². The van der Waals surface area contributed by atoms with Crippen LogP contribution < -0.4 is 0 Å². The molecule has 0 aromatic heterocycles. The molecule has 0 heterocycles. The summed E-state index contributed by atoms with van der Waals surface area (Å²) < 4.78 is 0.840. The number of aryl methyl sites for hydroxylation is 2. The Morgan fingerprint density at radius 3 is 1.92 bits per heavy atom. The molecule has 4 heteroatoms. The molecule has 0 saturated heterocycles. The summed E-state index contributed by atoms with van der Waals surface area (Å²) in [5.74, 6) is 0. The Morgan fingerprint density at radius 2 is 1.24 bits per heavy atom. The van der Waals surface area contributed by atoms with Crippen molar-refractivity contribution in [3.63, 3.8) is 0 Å². The molecule has 0 nitrogen and oxygen atoms in total. The Kier molecular flexibility index (Phi) is 7.60. The fourth-order valence-electron chi connectivity index (χ4n) is 5.94. The standard InChI is InChI=1S/C26H27Si.C7H7.2ClH.Zr/c1-19-11-5-7-13-21(19)17-26(23-15-9-6-12-20(23)2)18-25(27(3)4)22-14-8-10-16-24(22)26;1-7-5-3-2-4-6-7;;;/h5-16,18H,17H2,1-4H3;2-6H,1H2;2*1H;/q;;;;+2/p-2. The van der Waals surface area contributed by atoms with Gasteiger partial charge in [-0.25, -0.2) is 0 Å². The molecule has 0 spiro atoms. The second kappa shape index (κ2) is 10.5. The molecule has 4 aromatic rings. The van der Waals surface area contributed by atoms with Gasteiger partial charge < -0.3 is 0 Å². The van der Waals surface area contributed by atoms with E-state index in [1.165, 1.54) is 44.1 Å². The second-order valence-electron chi connectivity index (χ2n) is 11.0. The Balaban J connectivity index is 1.72. The van der Waals surface area contributed by atoms with Crippen LogP contribution in [0.3, 0.4) is 0 Å². The summed E-state index contributed by atoms with van der Waals surface area (Å²) in [6.07, 6.45) is 3.52. The van der Waals surface area contributed by atoms with Crippen LogP contribution in [0.1, 0.15) is 38.9 Å². The summed E-state index contributed by atoms with van der Waals surface area (Å²) in [6.45, 7) is 9.32. The zero-order valence-electron chi connectivity index (χ0n) is 22.1. The van der Waals surface area contributed by atoms with Gasteiger partial charge in [0.2, 0.25) is 0 Å². The van der Waals surface area contributed by atoms with E-state index in [4.69, 9.17) is 17.0 Å². The van der Waals surface area contributed by atoms with E-state index in [1.54, 1.807) is 0 Å². The van der Waals surface area contributed by atoms with Crippen LogP contribution in [0.4, 0.5) is 0 Å². The Labute approximate surface area is 233 Å². The molecular formula is C33H34Cl2SiZr. The van der Waals surface area contributed by atoms with Crippen molar-refractivity contribution in [3.05, 3.63) is 148 Å². The van der Waals surface area contributed by atoms with E-state index in [-0.39, 0.29) is 5.41 Å². The number of benzene rings is 4. The molecule has 0 radical (unpaired) electrons. The van der Waals surface area contributed by atoms with Crippen molar-refractivity contribution in [2.45, 2.75) is 42.9 Å². The van der Waals surface area contributed by atoms with E-state index in [0.717, 1.165) is 10.5 Å². The molecular weight excluding hydrogens is 587 g/mol. The number of hydrogen-bond acceptors (Lipinski definition) is 0. The number of rotatable bonds is 7. The Hall–Kier alpha value is -1.70. The minimum atomic E-state index is -3.60. The van der Waals surface area contributed by atoms with Crippen LogP contribution in [0.25, 0.3) is 5.20 Å². The molecule has 37 heavy (non-hydrogen) atoms. The predicted molar refractivity (Wildman–Crippen MR) is 161 cm³/mol. The molecule has 1 aliphatic rings. The first-order valence-electron chi connectivity index (χ1n) is 13.0. The van der Waals surface area contributed by atoms with Gasteiger partial charge in [0, 0.05) is 0 Å². The summed E-state index contributed by atoms with van der Waals surface area (Å²) in [7, 11) is 15.1. The fraction of sp³-hybridized carbons (Fsp3) is 0.212. The number of hydrogen-bond donors (Lipinski definition) is 0. The van der Waals surface area contributed by atoms with Crippen LogP contribution in [-0.2, 0) is 33.0 Å². The third-order valence-electron chi connectivity index (χ3n) is 8.30. The summed E-state index contributed by atoms with van der Waals surface area (Å²) in [6, 6.07) is 37.3. The average Bonchev–Trinajstić information content (AvgIpc) is 3.22. The van der Waals surface area contributed by atoms with Crippen molar-refractivity contribution in [2.75, 3.05) is 0 Å². The van der Waals surface area contributed by atoms with E-state index < -0.39 is 22.2 Å². The summed E-state index contributed by atoms with van der Waals surface area (Å²) >= 11 is -3.60. The zero-order valence-corrected chi connectivity index (χ0v) is 27.0. The molecule has 0 bridgehead atoms. The first kappa shape index (κ1) is 26.9. The van der Waals surface area contributed by atoms with Gasteiger partial charge in [-0.05, 0) is 0 Å². The first-order chi connectivity index (χ1) is 17.7. The number of halogens is 2. The van der Waals surface area contributed by atoms with Crippen LogP contribution in [0.2, 0.25) is 13.1 Å². The topological polar surface area (TPSA) is 0 Å². The van der Waals surface area contributed by atoms with Gasteiger partial charge in [0.15, 0.2) is 0 Å². The number of allylic oxidation sites excluding steroid dienone is 1. The van der Waals surface area contributed by atoms with Crippen LogP contribution in [0.5, 0.6) is 0 Å². The molecule has 0 saturated carbocycles. The molecule has 188 valence electrons. The van der Waals surface area contributed by atoms with E-state index in [0.29, 0.717) is 0 Å². The van der Waals surface area contributed by atoms with Crippen LogP contribution in [0.15, 0.2) is 109 Å². The van der Waals surface area contributed by atoms with E-state index in [1.807, 2.05) is 0 Å². The first-order valence-corrected chi connectivity index (χ1v) is 27.8. The van der Waals surface area contributed by atoms with Gasteiger partial charge in [-0.2, -0.15) is 0 Å². The third kappa shape index (κ3) is 4.92. The quantitative estimate of drug-likeness (QED) is 0.181. The predicted octanol–water partition coefficient (Wildman–Crippen LogP) is 9.64. The molecule has 1 aliphatic carbocycles. The van der Waals surface area contributed by atoms with Crippen molar-refractivity contribution < 1.29 is 17.0 Å². The average molecular weight is 621 g/mol. The second-order valence-corrected chi connectivity index (χ2v) is 45.9. The third-order valence-corrected chi connectivity index (χ3v) is 48.9. The van der Waals surface area contributed by atoms with E-state index in [9.17, 15) is 0 Å². The summed E-state index contributed by atoms with van der Waals surface area (Å²) in [5.41, 5.74) is 9.16. The van der Waals surface area contributed by atoms with Crippen molar-refractivity contribution in [3.8, 4) is 0 Å². The molecule has 5 rings (SSSR count). The maximum absolute atomic E-state index is 7.56. The van der Waals surface area contributed by atoms with Crippen molar-refractivity contribution in [1.82, 2.24) is 0 Å². The number of fused-ring (bicyclic) bond motifs is 1.